The van der Waals surface area contributed by atoms with E-state index in [4.69, 9.17) is 10.00 Å². The van der Waals surface area contributed by atoms with E-state index in [1.807, 2.05) is 18.2 Å². The topological polar surface area (TPSA) is 33.0 Å². The van der Waals surface area contributed by atoms with Crippen molar-refractivity contribution in [1.29, 1.82) is 5.26 Å². The van der Waals surface area contributed by atoms with Gasteiger partial charge in [-0.1, -0.05) is 6.07 Å². The van der Waals surface area contributed by atoms with Crippen LogP contribution in [0.3, 0.4) is 0 Å². The summed E-state index contributed by atoms with van der Waals surface area (Å²) >= 11 is 0. The molecule has 94 valence electrons. The molecule has 2 nitrogen and oxygen atoms in total. The lowest BCUT2D eigenvalue weighted by Gasteiger charge is -2.08. The van der Waals surface area contributed by atoms with Crippen LogP contribution in [-0.2, 0) is 12.8 Å². The Hall–Kier alpha value is -2.34. The lowest BCUT2D eigenvalue weighted by molar-refractivity contribution is 0.476. The summed E-state index contributed by atoms with van der Waals surface area (Å²) in [6.07, 6.45) is 3.37. The number of benzene rings is 2. The number of aryl methyl sites for hydroxylation is 2. The molecule has 1 aliphatic carbocycles. The molecule has 2 aromatic rings. The molecule has 3 rings (SSSR count). The monoisotopic (exact) mass is 253 g/mol. The summed E-state index contributed by atoms with van der Waals surface area (Å²) in [5.41, 5.74) is 2.93. The van der Waals surface area contributed by atoms with E-state index in [-0.39, 0.29) is 5.56 Å². The Labute approximate surface area is 111 Å². The van der Waals surface area contributed by atoms with Crippen molar-refractivity contribution in [2.24, 2.45) is 0 Å². The van der Waals surface area contributed by atoms with Crippen LogP contribution in [0.2, 0.25) is 0 Å². The smallest absolute Gasteiger partial charge is 0.131 e. The molecule has 0 amide bonds. The third-order valence-corrected chi connectivity index (χ3v) is 3.31. The second-order valence-corrected chi connectivity index (χ2v) is 4.67. The number of nitriles is 1. The molecule has 0 fully saturated rings. The summed E-state index contributed by atoms with van der Waals surface area (Å²) in [6.45, 7) is 0. The average molecular weight is 253 g/mol. The normalized spacial score (nSPS) is 12.8. The van der Waals surface area contributed by atoms with Crippen molar-refractivity contribution in [2.75, 3.05) is 0 Å². The van der Waals surface area contributed by atoms with Gasteiger partial charge >= 0.3 is 0 Å². The number of halogens is 1. The first-order valence-corrected chi connectivity index (χ1v) is 6.25. The lowest BCUT2D eigenvalue weighted by atomic mass is 10.1. The highest BCUT2D eigenvalue weighted by molar-refractivity contribution is 5.43. The molecule has 0 aromatic heterocycles. The number of rotatable bonds is 2. The Bertz CT molecular complexity index is 673. The van der Waals surface area contributed by atoms with E-state index in [1.54, 1.807) is 0 Å². The molecule has 0 unspecified atom stereocenters. The maximum Gasteiger partial charge on any atom is 0.131 e. The number of nitrogens with zero attached hydrogens (tertiary/aromatic N) is 1. The maximum atomic E-state index is 13.3. The number of ether oxygens (including phenoxy) is 1. The van der Waals surface area contributed by atoms with E-state index in [0.717, 1.165) is 12.8 Å². The van der Waals surface area contributed by atoms with Crippen molar-refractivity contribution < 1.29 is 9.13 Å². The molecule has 19 heavy (non-hydrogen) atoms. The van der Waals surface area contributed by atoms with Gasteiger partial charge in [-0.3, -0.25) is 0 Å². The first-order chi connectivity index (χ1) is 9.24. The van der Waals surface area contributed by atoms with Crippen LogP contribution in [0.4, 0.5) is 4.39 Å². The van der Waals surface area contributed by atoms with Crippen molar-refractivity contribution in [3.8, 4) is 17.6 Å². The zero-order valence-electron chi connectivity index (χ0n) is 10.3. The molecule has 0 saturated heterocycles. The van der Waals surface area contributed by atoms with Crippen molar-refractivity contribution in [3.05, 3.63) is 58.9 Å². The Balaban J connectivity index is 1.89. The van der Waals surface area contributed by atoms with Crippen LogP contribution in [0.25, 0.3) is 0 Å². The van der Waals surface area contributed by atoms with Gasteiger partial charge in [0.2, 0.25) is 0 Å². The van der Waals surface area contributed by atoms with Crippen LogP contribution in [-0.4, -0.2) is 0 Å². The van der Waals surface area contributed by atoms with Gasteiger partial charge in [0.25, 0.3) is 0 Å². The summed E-state index contributed by atoms with van der Waals surface area (Å²) < 4.78 is 18.9. The predicted molar refractivity (Wildman–Crippen MR) is 69.7 cm³/mol. The molecule has 0 N–H and O–H groups in total. The molecule has 2 aromatic carbocycles. The van der Waals surface area contributed by atoms with Gasteiger partial charge in [0.1, 0.15) is 17.3 Å². The Morgan fingerprint density at radius 1 is 1.00 bits per heavy atom. The summed E-state index contributed by atoms with van der Waals surface area (Å²) in [4.78, 5) is 0. The molecule has 0 atom stereocenters. The van der Waals surface area contributed by atoms with Gasteiger partial charge in [0, 0.05) is 6.07 Å². The van der Waals surface area contributed by atoms with E-state index >= 15 is 0 Å². The fourth-order valence-corrected chi connectivity index (χ4v) is 2.43. The van der Waals surface area contributed by atoms with Crippen LogP contribution < -0.4 is 4.74 Å². The quantitative estimate of drug-likeness (QED) is 0.811. The third-order valence-electron chi connectivity index (χ3n) is 3.31. The molecule has 3 heteroatoms. The highest BCUT2D eigenvalue weighted by atomic mass is 19.1. The molecule has 0 spiro atoms. The Morgan fingerprint density at radius 3 is 2.68 bits per heavy atom. The molecule has 1 aliphatic rings. The SMILES string of the molecule is N#Cc1cc(F)cc(Oc2ccc3c(c2)CCC3)c1. The first-order valence-electron chi connectivity index (χ1n) is 6.25. The van der Waals surface area contributed by atoms with Gasteiger partial charge in [-0.05, 0) is 54.7 Å². The van der Waals surface area contributed by atoms with Crippen molar-refractivity contribution >= 4 is 0 Å². The van der Waals surface area contributed by atoms with E-state index in [0.29, 0.717) is 11.5 Å². The molecular formula is C16H12FNO. The highest BCUT2D eigenvalue weighted by Gasteiger charge is 2.11. The summed E-state index contributed by atoms with van der Waals surface area (Å²) in [5, 5.41) is 8.81. The number of hydrogen-bond donors (Lipinski definition) is 0. The fourth-order valence-electron chi connectivity index (χ4n) is 2.43. The minimum atomic E-state index is -0.463. The van der Waals surface area contributed by atoms with Crippen LogP contribution >= 0.6 is 0 Å². The van der Waals surface area contributed by atoms with Gasteiger partial charge in [0.05, 0.1) is 11.6 Å². The minimum absolute atomic E-state index is 0.260. The van der Waals surface area contributed by atoms with E-state index in [9.17, 15) is 4.39 Å². The Morgan fingerprint density at radius 2 is 1.84 bits per heavy atom. The Kier molecular flexibility index (Phi) is 2.92. The van der Waals surface area contributed by atoms with Gasteiger partial charge < -0.3 is 4.74 Å². The summed E-state index contributed by atoms with van der Waals surface area (Å²) in [7, 11) is 0. The number of hydrogen-bond acceptors (Lipinski definition) is 2. The predicted octanol–water partition coefficient (Wildman–Crippen LogP) is 3.98. The molecule has 0 heterocycles. The van der Waals surface area contributed by atoms with Gasteiger partial charge in [0.15, 0.2) is 0 Å². The van der Waals surface area contributed by atoms with Crippen LogP contribution in [0.5, 0.6) is 11.5 Å². The van der Waals surface area contributed by atoms with Crippen LogP contribution in [0.1, 0.15) is 23.1 Å². The largest absolute Gasteiger partial charge is 0.457 e. The number of fused-ring (bicyclic) bond motifs is 1. The molecule has 0 bridgehead atoms. The second-order valence-electron chi connectivity index (χ2n) is 4.67. The zero-order chi connectivity index (χ0) is 13.2. The van der Waals surface area contributed by atoms with Gasteiger partial charge in [-0.25, -0.2) is 4.39 Å². The van der Waals surface area contributed by atoms with Crippen molar-refractivity contribution in [1.82, 2.24) is 0 Å². The fraction of sp³-hybridized carbons (Fsp3) is 0.188. The van der Waals surface area contributed by atoms with Crippen molar-refractivity contribution in [2.45, 2.75) is 19.3 Å². The standard InChI is InChI=1S/C16H12FNO/c17-14-6-11(10-18)7-16(9-14)19-15-5-4-12-2-1-3-13(12)8-15/h4-9H,1-3H2. The van der Waals surface area contributed by atoms with Crippen LogP contribution in [0, 0.1) is 17.1 Å². The second kappa shape index (κ2) is 4.74. The first kappa shape index (κ1) is 11.7. The zero-order valence-corrected chi connectivity index (χ0v) is 10.3. The highest BCUT2D eigenvalue weighted by Crippen LogP contribution is 2.29. The van der Waals surface area contributed by atoms with Crippen LogP contribution in [0.15, 0.2) is 36.4 Å². The summed E-state index contributed by atoms with van der Waals surface area (Å²) in [6, 6.07) is 11.9. The van der Waals surface area contributed by atoms with E-state index in [1.165, 1.54) is 35.7 Å². The van der Waals surface area contributed by atoms with E-state index < -0.39 is 5.82 Å². The average Bonchev–Trinajstić information content (AvgIpc) is 2.85. The molecule has 0 aliphatic heterocycles. The maximum absolute atomic E-state index is 13.3. The molecular weight excluding hydrogens is 241 g/mol. The van der Waals surface area contributed by atoms with Gasteiger partial charge in [-0.15, -0.1) is 0 Å². The lowest BCUT2D eigenvalue weighted by Crippen LogP contribution is -1.89. The molecule has 0 saturated carbocycles. The summed E-state index contributed by atoms with van der Waals surface area (Å²) in [5.74, 6) is 0.583. The molecule has 0 radical (unpaired) electrons. The van der Waals surface area contributed by atoms with Gasteiger partial charge in [-0.2, -0.15) is 5.26 Å². The minimum Gasteiger partial charge on any atom is -0.457 e. The third kappa shape index (κ3) is 2.43. The van der Waals surface area contributed by atoms with E-state index in [2.05, 4.69) is 6.07 Å². The van der Waals surface area contributed by atoms with Crippen molar-refractivity contribution in [3.63, 3.8) is 0 Å².